The standard InChI is InChI=1S/C16H17Cl2NO/c1-2-19(14-6-7-15(17)16(18)9-14)10-12-4-3-5-13(8-12)11-20/h3-9,20H,2,10-11H2,1H3. The first-order valence-electron chi connectivity index (χ1n) is 6.52. The van der Waals surface area contributed by atoms with E-state index in [1.807, 2.05) is 36.4 Å². The van der Waals surface area contributed by atoms with Gasteiger partial charge in [0.15, 0.2) is 0 Å². The maximum absolute atomic E-state index is 9.19. The average molecular weight is 310 g/mol. The summed E-state index contributed by atoms with van der Waals surface area (Å²) in [4.78, 5) is 2.21. The van der Waals surface area contributed by atoms with Crippen LogP contribution in [-0.2, 0) is 13.2 Å². The second-order valence-corrected chi connectivity index (χ2v) is 5.41. The van der Waals surface area contributed by atoms with Crippen LogP contribution in [0.2, 0.25) is 10.0 Å². The van der Waals surface area contributed by atoms with Crippen molar-refractivity contribution >= 4 is 28.9 Å². The number of anilines is 1. The molecular weight excluding hydrogens is 293 g/mol. The zero-order valence-corrected chi connectivity index (χ0v) is 12.8. The lowest BCUT2D eigenvalue weighted by atomic mass is 10.1. The molecule has 0 spiro atoms. The van der Waals surface area contributed by atoms with Gasteiger partial charge in [0.2, 0.25) is 0 Å². The number of hydrogen-bond donors (Lipinski definition) is 1. The van der Waals surface area contributed by atoms with E-state index >= 15 is 0 Å². The van der Waals surface area contributed by atoms with E-state index in [4.69, 9.17) is 23.2 Å². The first kappa shape index (κ1) is 15.2. The van der Waals surface area contributed by atoms with Crippen LogP contribution in [0.5, 0.6) is 0 Å². The fourth-order valence-electron chi connectivity index (χ4n) is 2.11. The molecule has 0 heterocycles. The predicted octanol–water partition coefficient (Wildman–Crippen LogP) is 4.51. The minimum atomic E-state index is 0.0622. The van der Waals surface area contributed by atoms with Gasteiger partial charge in [-0.1, -0.05) is 47.5 Å². The number of aliphatic hydroxyl groups excluding tert-OH is 1. The topological polar surface area (TPSA) is 23.5 Å². The van der Waals surface area contributed by atoms with Crippen LogP contribution < -0.4 is 4.90 Å². The molecule has 0 radical (unpaired) electrons. The van der Waals surface area contributed by atoms with Gasteiger partial charge in [-0.3, -0.25) is 0 Å². The first-order chi connectivity index (χ1) is 9.63. The van der Waals surface area contributed by atoms with Crippen LogP contribution in [0.3, 0.4) is 0 Å². The number of aliphatic hydroxyl groups is 1. The molecule has 0 aliphatic rings. The molecule has 106 valence electrons. The van der Waals surface area contributed by atoms with Crippen LogP contribution in [0.15, 0.2) is 42.5 Å². The average Bonchev–Trinajstić information content (AvgIpc) is 2.48. The summed E-state index contributed by atoms with van der Waals surface area (Å²) in [6.45, 7) is 3.79. The van der Waals surface area contributed by atoms with Crippen LogP contribution in [0.1, 0.15) is 18.1 Å². The third kappa shape index (κ3) is 3.66. The van der Waals surface area contributed by atoms with Gasteiger partial charge < -0.3 is 10.0 Å². The molecule has 1 N–H and O–H groups in total. The van der Waals surface area contributed by atoms with Gasteiger partial charge in [0, 0.05) is 18.8 Å². The second-order valence-electron chi connectivity index (χ2n) is 4.59. The molecule has 0 fully saturated rings. The zero-order valence-electron chi connectivity index (χ0n) is 11.3. The van der Waals surface area contributed by atoms with E-state index in [0.29, 0.717) is 10.0 Å². The van der Waals surface area contributed by atoms with Crippen molar-refractivity contribution in [1.82, 2.24) is 0 Å². The molecular formula is C16H17Cl2NO. The molecule has 0 aliphatic heterocycles. The van der Waals surface area contributed by atoms with Crippen molar-refractivity contribution in [1.29, 1.82) is 0 Å². The highest BCUT2D eigenvalue weighted by molar-refractivity contribution is 6.42. The van der Waals surface area contributed by atoms with Gasteiger partial charge >= 0.3 is 0 Å². The maximum Gasteiger partial charge on any atom is 0.0681 e. The van der Waals surface area contributed by atoms with Crippen LogP contribution >= 0.6 is 23.2 Å². The molecule has 0 aliphatic carbocycles. The van der Waals surface area contributed by atoms with E-state index in [-0.39, 0.29) is 6.61 Å². The van der Waals surface area contributed by atoms with Crippen molar-refractivity contribution < 1.29 is 5.11 Å². The van der Waals surface area contributed by atoms with Crippen molar-refractivity contribution in [2.24, 2.45) is 0 Å². The predicted molar refractivity (Wildman–Crippen MR) is 85.6 cm³/mol. The molecule has 0 amide bonds. The Labute approximate surface area is 129 Å². The van der Waals surface area contributed by atoms with E-state index in [2.05, 4.69) is 17.9 Å². The number of rotatable bonds is 5. The first-order valence-corrected chi connectivity index (χ1v) is 7.28. The lowest BCUT2D eigenvalue weighted by Crippen LogP contribution is -2.22. The third-order valence-electron chi connectivity index (χ3n) is 3.20. The van der Waals surface area contributed by atoms with E-state index in [1.54, 1.807) is 0 Å². The Bertz CT molecular complexity index is 586. The van der Waals surface area contributed by atoms with Gasteiger partial charge in [0.05, 0.1) is 16.7 Å². The van der Waals surface area contributed by atoms with Crippen LogP contribution in [-0.4, -0.2) is 11.7 Å². The van der Waals surface area contributed by atoms with Gasteiger partial charge in [-0.05, 0) is 36.2 Å². The molecule has 0 atom stereocenters. The Kier molecular flexibility index (Phi) is 5.30. The third-order valence-corrected chi connectivity index (χ3v) is 3.94. The van der Waals surface area contributed by atoms with E-state index in [9.17, 15) is 5.11 Å². The summed E-state index contributed by atoms with van der Waals surface area (Å²) in [6, 6.07) is 13.6. The zero-order chi connectivity index (χ0) is 14.5. The molecule has 0 saturated carbocycles. The number of hydrogen-bond acceptors (Lipinski definition) is 2. The Morgan fingerprint density at radius 3 is 2.40 bits per heavy atom. The van der Waals surface area contributed by atoms with Gasteiger partial charge in [-0.25, -0.2) is 0 Å². The summed E-state index contributed by atoms with van der Waals surface area (Å²) in [5.74, 6) is 0. The molecule has 2 aromatic rings. The highest BCUT2D eigenvalue weighted by Crippen LogP contribution is 2.28. The Morgan fingerprint density at radius 1 is 1.00 bits per heavy atom. The fourth-order valence-corrected chi connectivity index (χ4v) is 2.41. The van der Waals surface area contributed by atoms with E-state index in [1.165, 1.54) is 0 Å². The molecule has 2 aromatic carbocycles. The molecule has 0 saturated heterocycles. The van der Waals surface area contributed by atoms with Crippen LogP contribution in [0, 0.1) is 0 Å². The van der Waals surface area contributed by atoms with Crippen molar-refractivity contribution in [3.63, 3.8) is 0 Å². The minimum Gasteiger partial charge on any atom is -0.392 e. The molecule has 4 heteroatoms. The van der Waals surface area contributed by atoms with Crippen molar-refractivity contribution in [2.75, 3.05) is 11.4 Å². The molecule has 0 bridgehead atoms. The smallest absolute Gasteiger partial charge is 0.0681 e. The summed E-state index contributed by atoms with van der Waals surface area (Å²) in [6.07, 6.45) is 0. The van der Waals surface area contributed by atoms with Gasteiger partial charge in [-0.15, -0.1) is 0 Å². The molecule has 0 aromatic heterocycles. The summed E-state index contributed by atoms with van der Waals surface area (Å²) in [5, 5.41) is 10.3. The van der Waals surface area contributed by atoms with Crippen molar-refractivity contribution in [3.05, 3.63) is 63.6 Å². The normalized spacial score (nSPS) is 10.6. The van der Waals surface area contributed by atoms with Crippen molar-refractivity contribution in [3.8, 4) is 0 Å². The van der Waals surface area contributed by atoms with Crippen LogP contribution in [0.4, 0.5) is 5.69 Å². The van der Waals surface area contributed by atoms with Gasteiger partial charge in [0.25, 0.3) is 0 Å². The maximum atomic E-state index is 9.19. The molecule has 2 rings (SSSR count). The lowest BCUT2D eigenvalue weighted by Gasteiger charge is -2.24. The second kappa shape index (κ2) is 6.98. The lowest BCUT2D eigenvalue weighted by molar-refractivity contribution is 0.281. The minimum absolute atomic E-state index is 0.0622. The molecule has 2 nitrogen and oxygen atoms in total. The number of nitrogens with zero attached hydrogens (tertiary/aromatic N) is 1. The SMILES string of the molecule is CCN(Cc1cccc(CO)c1)c1ccc(Cl)c(Cl)c1. The highest BCUT2D eigenvalue weighted by atomic mass is 35.5. The number of benzene rings is 2. The number of halogens is 2. The monoisotopic (exact) mass is 309 g/mol. The quantitative estimate of drug-likeness (QED) is 0.878. The largest absolute Gasteiger partial charge is 0.392 e. The van der Waals surface area contributed by atoms with E-state index < -0.39 is 0 Å². The van der Waals surface area contributed by atoms with E-state index in [0.717, 1.165) is 29.9 Å². The van der Waals surface area contributed by atoms with Crippen molar-refractivity contribution in [2.45, 2.75) is 20.1 Å². The fraction of sp³-hybridized carbons (Fsp3) is 0.250. The summed E-state index contributed by atoms with van der Waals surface area (Å²) in [5.41, 5.74) is 3.12. The van der Waals surface area contributed by atoms with Gasteiger partial charge in [0.1, 0.15) is 0 Å². The Hall–Kier alpha value is -1.22. The van der Waals surface area contributed by atoms with Crippen LogP contribution in [0.25, 0.3) is 0 Å². The highest BCUT2D eigenvalue weighted by Gasteiger charge is 2.08. The Balaban J connectivity index is 2.21. The van der Waals surface area contributed by atoms with Gasteiger partial charge in [-0.2, -0.15) is 0 Å². The summed E-state index contributed by atoms with van der Waals surface area (Å²) < 4.78 is 0. The summed E-state index contributed by atoms with van der Waals surface area (Å²) >= 11 is 12.0. The Morgan fingerprint density at radius 2 is 1.75 bits per heavy atom. The molecule has 20 heavy (non-hydrogen) atoms. The molecule has 0 unspecified atom stereocenters. The summed E-state index contributed by atoms with van der Waals surface area (Å²) in [7, 11) is 0.